The van der Waals surface area contributed by atoms with Gasteiger partial charge < -0.3 is 15.1 Å². The fourth-order valence-electron chi connectivity index (χ4n) is 3.73. The molecule has 2 saturated heterocycles. The number of rotatable bonds is 4. The SMILES string of the molecule is CN(C)CC1CCCN1C(=O)C(C)(C)C1CCCNC1. The molecule has 2 unspecified atom stereocenters. The van der Waals surface area contributed by atoms with Crippen molar-refractivity contribution < 1.29 is 4.79 Å². The average molecular weight is 281 g/mol. The summed E-state index contributed by atoms with van der Waals surface area (Å²) >= 11 is 0. The number of carbonyl (C=O) groups is 1. The Hall–Kier alpha value is -0.610. The molecule has 1 amide bonds. The number of likely N-dealkylation sites (N-methyl/N-ethyl adjacent to an activating group) is 1. The number of amides is 1. The molecule has 0 bridgehead atoms. The fraction of sp³-hybridized carbons (Fsp3) is 0.938. The van der Waals surface area contributed by atoms with Crippen molar-refractivity contribution in [2.75, 3.05) is 40.3 Å². The van der Waals surface area contributed by atoms with E-state index in [0.717, 1.165) is 39.0 Å². The first kappa shape index (κ1) is 15.8. The van der Waals surface area contributed by atoms with E-state index in [0.29, 0.717) is 17.9 Å². The maximum absolute atomic E-state index is 13.0. The van der Waals surface area contributed by atoms with Gasteiger partial charge in [-0.15, -0.1) is 0 Å². The summed E-state index contributed by atoms with van der Waals surface area (Å²) in [7, 11) is 4.19. The van der Waals surface area contributed by atoms with Gasteiger partial charge in [0.2, 0.25) is 5.91 Å². The Balaban J connectivity index is 2.04. The van der Waals surface area contributed by atoms with Crippen LogP contribution in [-0.2, 0) is 4.79 Å². The highest BCUT2D eigenvalue weighted by molar-refractivity contribution is 5.83. The van der Waals surface area contributed by atoms with Gasteiger partial charge in [-0.25, -0.2) is 0 Å². The molecular formula is C16H31N3O. The normalized spacial score (nSPS) is 28.1. The minimum atomic E-state index is -0.234. The van der Waals surface area contributed by atoms with Gasteiger partial charge in [0.25, 0.3) is 0 Å². The van der Waals surface area contributed by atoms with E-state index < -0.39 is 0 Å². The lowest BCUT2D eigenvalue weighted by molar-refractivity contribution is -0.145. The van der Waals surface area contributed by atoms with Crippen LogP contribution in [-0.4, -0.2) is 62.0 Å². The molecule has 2 fully saturated rings. The molecule has 2 aliphatic rings. The molecule has 0 radical (unpaired) electrons. The van der Waals surface area contributed by atoms with E-state index in [-0.39, 0.29) is 5.41 Å². The van der Waals surface area contributed by atoms with Crippen LogP contribution in [0.1, 0.15) is 39.5 Å². The minimum Gasteiger partial charge on any atom is -0.338 e. The van der Waals surface area contributed by atoms with Gasteiger partial charge >= 0.3 is 0 Å². The van der Waals surface area contributed by atoms with Crippen LogP contribution in [0, 0.1) is 11.3 Å². The van der Waals surface area contributed by atoms with Crippen molar-refractivity contribution in [3.8, 4) is 0 Å². The molecule has 0 aromatic heterocycles. The zero-order valence-corrected chi connectivity index (χ0v) is 13.6. The van der Waals surface area contributed by atoms with E-state index >= 15 is 0 Å². The van der Waals surface area contributed by atoms with Crippen molar-refractivity contribution in [3.63, 3.8) is 0 Å². The van der Waals surface area contributed by atoms with Crippen LogP contribution in [0.5, 0.6) is 0 Å². The summed E-state index contributed by atoms with van der Waals surface area (Å²) in [6, 6.07) is 0.410. The second-order valence-corrected chi connectivity index (χ2v) is 7.32. The molecule has 2 rings (SSSR count). The van der Waals surface area contributed by atoms with Gasteiger partial charge in [0, 0.05) is 24.5 Å². The van der Waals surface area contributed by atoms with Crippen LogP contribution in [0.3, 0.4) is 0 Å². The number of nitrogens with one attached hydrogen (secondary N) is 1. The highest BCUT2D eigenvalue weighted by atomic mass is 16.2. The molecule has 1 N–H and O–H groups in total. The van der Waals surface area contributed by atoms with Gasteiger partial charge in [-0.05, 0) is 58.8 Å². The third-order valence-corrected chi connectivity index (χ3v) is 5.08. The molecule has 0 aromatic carbocycles. The summed E-state index contributed by atoms with van der Waals surface area (Å²) in [4.78, 5) is 17.4. The molecule has 0 spiro atoms. The van der Waals surface area contributed by atoms with Crippen LogP contribution >= 0.6 is 0 Å². The Morgan fingerprint density at radius 1 is 1.30 bits per heavy atom. The van der Waals surface area contributed by atoms with Crippen LogP contribution in [0.25, 0.3) is 0 Å². The lowest BCUT2D eigenvalue weighted by Gasteiger charge is -2.40. The van der Waals surface area contributed by atoms with Crippen molar-refractivity contribution in [2.24, 2.45) is 11.3 Å². The molecule has 4 nitrogen and oxygen atoms in total. The van der Waals surface area contributed by atoms with Crippen molar-refractivity contribution >= 4 is 5.91 Å². The third kappa shape index (κ3) is 3.34. The van der Waals surface area contributed by atoms with E-state index in [1.54, 1.807) is 0 Å². The van der Waals surface area contributed by atoms with E-state index in [1.165, 1.54) is 12.8 Å². The van der Waals surface area contributed by atoms with Crippen molar-refractivity contribution in [1.29, 1.82) is 0 Å². The Morgan fingerprint density at radius 2 is 2.05 bits per heavy atom. The summed E-state index contributed by atoms with van der Waals surface area (Å²) < 4.78 is 0. The van der Waals surface area contributed by atoms with Crippen molar-refractivity contribution in [2.45, 2.75) is 45.6 Å². The summed E-state index contributed by atoms with van der Waals surface area (Å²) in [5, 5.41) is 3.45. The third-order valence-electron chi connectivity index (χ3n) is 5.08. The van der Waals surface area contributed by atoms with E-state index in [4.69, 9.17) is 0 Å². The predicted octanol–water partition coefficient (Wildman–Crippen LogP) is 1.56. The monoisotopic (exact) mass is 281 g/mol. The number of carbonyl (C=O) groups excluding carboxylic acids is 1. The van der Waals surface area contributed by atoms with Crippen LogP contribution in [0.2, 0.25) is 0 Å². The quantitative estimate of drug-likeness (QED) is 0.849. The molecule has 2 atom stereocenters. The molecule has 4 heteroatoms. The Morgan fingerprint density at radius 3 is 2.65 bits per heavy atom. The average Bonchev–Trinajstić information content (AvgIpc) is 2.86. The lowest BCUT2D eigenvalue weighted by atomic mass is 9.74. The summed E-state index contributed by atoms with van der Waals surface area (Å²) in [5.41, 5.74) is -0.234. The van der Waals surface area contributed by atoms with E-state index in [1.807, 2.05) is 0 Å². The maximum Gasteiger partial charge on any atom is 0.228 e. The Kier molecular flexibility index (Phi) is 5.08. The topological polar surface area (TPSA) is 35.6 Å². The largest absolute Gasteiger partial charge is 0.338 e. The molecule has 20 heavy (non-hydrogen) atoms. The van der Waals surface area contributed by atoms with Gasteiger partial charge in [-0.3, -0.25) is 4.79 Å². The van der Waals surface area contributed by atoms with E-state index in [9.17, 15) is 4.79 Å². The molecule has 2 heterocycles. The Labute approximate surface area is 123 Å². The molecule has 2 aliphatic heterocycles. The van der Waals surface area contributed by atoms with E-state index in [2.05, 4.69) is 43.1 Å². The summed E-state index contributed by atoms with van der Waals surface area (Å²) in [5.74, 6) is 0.847. The minimum absolute atomic E-state index is 0.234. The highest BCUT2D eigenvalue weighted by Gasteiger charge is 2.42. The van der Waals surface area contributed by atoms with Crippen LogP contribution in [0.15, 0.2) is 0 Å². The van der Waals surface area contributed by atoms with Crippen LogP contribution < -0.4 is 5.32 Å². The van der Waals surface area contributed by atoms with Gasteiger partial charge in [0.15, 0.2) is 0 Å². The fourth-order valence-corrected chi connectivity index (χ4v) is 3.73. The number of nitrogens with zero attached hydrogens (tertiary/aromatic N) is 2. The van der Waals surface area contributed by atoms with Gasteiger partial charge in [-0.2, -0.15) is 0 Å². The number of hydrogen-bond donors (Lipinski definition) is 1. The number of hydrogen-bond acceptors (Lipinski definition) is 3. The molecule has 0 aromatic rings. The zero-order chi connectivity index (χ0) is 14.8. The standard InChI is InChI=1S/C16H31N3O/c1-16(2,13-7-5-9-17-11-13)15(20)19-10-6-8-14(19)12-18(3)4/h13-14,17H,5-12H2,1-4H3. The lowest BCUT2D eigenvalue weighted by Crippen LogP contribution is -2.51. The molecule has 0 saturated carbocycles. The van der Waals surface area contributed by atoms with Gasteiger partial charge in [0.05, 0.1) is 0 Å². The van der Waals surface area contributed by atoms with Gasteiger partial charge in [-0.1, -0.05) is 13.8 Å². The zero-order valence-electron chi connectivity index (χ0n) is 13.6. The maximum atomic E-state index is 13.0. The second kappa shape index (κ2) is 6.44. The predicted molar refractivity (Wildman–Crippen MR) is 82.7 cm³/mol. The first-order chi connectivity index (χ1) is 9.43. The van der Waals surface area contributed by atoms with Gasteiger partial charge in [0.1, 0.15) is 0 Å². The van der Waals surface area contributed by atoms with Crippen molar-refractivity contribution in [1.82, 2.24) is 15.1 Å². The van der Waals surface area contributed by atoms with Crippen LogP contribution in [0.4, 0.5) is 0 Å². The number of likely N-dealkylation sites (tertiary alicyclic amines) is 1. The summed E-state index contributed by atoms with van der Waals surface area (Å²) in [6.45, 7) is 8.33. The van der Waals surface area contributed by atoms with Crippen molar-refractivity contribution in [3.05, 3.63) is 0 Å². The molecular weight excluding hydrogens is 250 g/mol. The highest BCUT2D eigenvalue weighted by Crippen LogP contribution is 2.35. The molecule has 0 aliphatic carbocycles. The summed E-state index contributed by atoms with van der Waals surface area (Å²) in [6.07, 6.45) is 4.69. The molecule has 116 valence electrons. The second-order valence-electron chi connectivity index (χ2n) is 7.32. The first-order valence-electron chi connectivity index (χ1n) is 8.09. The smallest absolute Gasteiger partial charge is 0.228 e. The first-order valence-corrected chi connectivity index (χ1v) is 8.09. The number of piperidine rings is 1. The Bertz CT molecular complexity index is 335.